The van der Waals surface area contributed by atoms with Gasteiger partial charge in [0.1, 0.15) is 0 Å². The van der Waals surface area contributed by atoms with E-state index in [0.29, 0.717) is 0 Å². The molecule has 1 aromatic carbocycles. The molecule has 1 aliphatic rings. The van der Waals surface area contributed by atoms with Gasteiger partial charge in [0.2, 0.25) is 0 Å². The summed E-state index contributed by atoms with van der Waals surface area (Å²) in [5, 5.41) is 13.6. The van der Waals surface area contributed by atoms with Crippen molar-refractivity contribution in [2.75, 3.05) is 0 Å². The van der Waals surface area contributed by atoms with Gasteiger partial charge in [-0.15, -0.1) is 0 Å². The molecule has 0 unspecified atom stereocenters. The predicted octanol–water partition coefficient (Wildman–Crippen LogP) is 3.36. The maximum atomic E-state index is 11.3. The zero-order valence-corrected chi connectivity index (χ0v) is 12.7. The van der Waals surface area contributed by atoms with Gasteiger partial charge in [0.25, 0.3) is 0 Å². The van der Waals surface area contributed by atoms with Gasteiger partial charge >= 0.3 is 5.97 Å². The van der Waals surface area contributed by atoms with Gasteiger partial charge in [-0.2, -0.15) is 5.10 Å². The number of benzene rings is 1. The zero-order chi connectivity index (χ0) is 15.2. The number of carboxylic acids is 1. The summed E-state index contributed by atoms with van der Waals surface area (Å²) < 4.78 is 1.80. The minimum Gasteiger partial charge on any atom is -0.476 e. The summed E-state index contributed by atoms with van der Waals surface area (Å²) in [6.07, 6.45) is 2.72. The molecular weight excluding hydrogens is 264 g/mol. The fourth-order valence-corrected chi connectivity index (χ4v) is 2.93. The van der Waals surface area contributed by atoms with Crippen LogP contribution in [0.25, 0.3) is 5.69 Å². The van der Waals surface area contributed by atoms with E-state index < -0.39 is 5.97 Å². The first-order chi connectivity index (χ1) is 9.88. The number of aromatic carboxylic acids is 1. The van der Waals surface area contributed by atoms with Gasteiger partial charge in [-0.05, 0) is 42.4 Å². The van der Waals surface area contributed by atoms with E-state index in [1.54, 1.807) is 4.68 Å². The van der Waals surface area contributed by atoms with Crippen molar-refractivity contribution in [3.8, 4) is 5.69 Å². The Balaban J connectivity index is 2.05. The molecule has 0 bridgehead atoms. The largest absolute Gasteiger partial charge is 0.476 e. The monoisotopic (exact) mass is 284 g/mol. The number of hydrogen-bond acceptors (Lipinski definition) is 2. The van der Waals surface area contributed by atoms with Gasteiger partial charge < -0.3 is 5.11 Å². The van der Waals surface area contributed by atoms with Crippen molar-refractivity contribution >= 4 is 5.97 Å². The lowest BCUT2D eigenvalue weighted by Crippen LogP contribution is -2.11. The van der Waals surface area contributed by atoms with E-state index >= 15 is 0 Å². The van der Waals surface area contributed by atoms with E-state index in [-0.39, 0.29) is 11.1 Å². The Morgan fingerprint density at radius 3 is 2.43 bits per heavy atom. The number of rotatable bonds is 2. The number of carboxylic acid groups (broad SMARTS) is 1. The van der Waals surface area contributed by atoms with E-state index in [1.165, 1.54) is 5.56 Å². The SMILES string of the molecule is CC(C)(C)c1ccc(-n2nc(C(=O)O)c3c2CCC3)cc1. The van der Waals surface area contributed by atoms with Crippen molar-refractivity contribution in [2.24, 2.45) is 0 Å². The van der Waals surface area contributed by atoms with E-state index in [0.717, 1.165) is 36.2 Å². The third-order valence-electron chi connectivity index (χ3n) is 4.11. The molecule has 3 rings (SSSR count). The molecule has 1 heterocycles. The highest BCUT2D eigenvalue weighted by atomic mass is 16.4. The Bertz CT molecular complexity index is 691. The van der Waals surface area contributed by atoms with E-state index in [9.17, 15) is 9.90 Å². The van der Waals surface area contributed by atoms with Crippen molar-refractivity contribution in [1.29, 1.82) is 0 Å². The first kappa shape index (κ1) is 13.9. The second-order valence-corrected chi connectivity index (χ2v) is 6.64. The normalized spacial score (nSPS) is 14.2. The highest BCUT2D eigenvalue weighted by molar-refractivity contribution is 5.87. The van der Waals surface area contributed by atoms with Gasteiger partial charge in [-0.1, -0.05) is 32.9 Å². The minimum absolute atomic E-state index is 0.108. The Kier molecular flexibility index (Phi) is 3.12. The Labute approximate surface area is 124 Å². The minimum atomic E-state index is -0.932. The molecule has 0 fully saturated rings. The van der Waals surface area contributed by atoms with Crippen LogP contribution >= 0.6 is 0 Å². The van der Waals surface area contributed by atoms with Crippen molar-refractivity contribution in [3.63, 3.8) is 0 Å². The molecular formula is C17H20N2O2. The molecule has 0 saturated carbocycles. The Morgan fingerprint density at radius 2 is 1.86 bits per heavy atom. The van der Waals surface area contributed by atoms with E-state index in [4.69, 9.17) is 0 Å². The van der Waals surface area contributed by atoms with Crippen molar-refractivity contribution < 1.29 is 9.90 Å². The molecule has 0 atom stereocenters. The lowest BCUT2D eigenvalue weighted by molar-refractivity contribution is 0.0689. The molecule has 1 aliphatic carbocycles. The van der Waals surface area contributed by atoms with Crippen LogP contribution < -0.4 is 0 Å². The van der Waals surface area contributed by atoms with Crippen LogP contribution in [0.15, 0.2) is 24.3 Å². The molecule has 0 radical (unpaired) electrons. The zero-order valence-electron chi connectivity index (χ0n) is 12.7. The number of nitrogens with zero attached hydrogens (tertiary/aromatic N) is 2. The van der Waals surface area contributed by atoms with Gasteiger partial charge in [0.05, 0.1) is 5.69 Å². The molecule has 1 N–H and O–H groups in total. The van der Waals surface area contributed by atoms with Crippen LogP contribution in [0.1, 0.15) is 54.5 Å². The first-order valence-corrected chi connectivity index (χ1v) is 7.33. The van der Waals surface area contributed by atoms with Gasteiger partial charge in [-0.25, -0.2) is 9.48 Å². The molecule has 110 valence electrons. The second-order valence-electron chi connectivity index (χ2n) is 6.64. The maximum Gasteiger partial charge on any atom is 0.356 e. The standard InChI is InChI=1S/C17H20N2O2/c1-17(2,3)11-7-9-12(10-8-11)19-14-6-4-5-13(14)15(18-19)16(20)21/h7-10H,4-6H2,1-3H3,(H,20,21). The van der Waals surface area contributed by atoms with Gasteiger partial charge in [-0.3, -0.25) is 0 Å². The van der Waals surface area contributed by atoms with Crippen LogP contribution in [0, 0.1) is 0 Å². The average Bonchev–Trinajstić information content (AvgIpc) is 2.98. The topological polar surface area (TPSA) is 55.1 Å². The molecule has 4 nitrogen and oxygen atoms in total. The molecule has 2 aromatic rings. The van der Waals surface area contributed by atoms with Crippen molar-refractivity contribution in [1.82, 2.24) is 9.78 Å². The molecule has 4 heteroatoms. The summed E-state index contributed by atoms with van der Waals surface area (Å²) in [5.74, 6) is -0.932. The van der Waals surface area contributed by atoms with E-state index in [1.807, 2.05) is 12.1 Å². The van der Waals surface area contributed by atoms with Crippen molar-refractivity contribution in [3.05, 3.63) is 46.8 Å². The van der Waals surface area contributed by atoms with Crippen LogP contribution in [-0.4, -0.2) is 20.9 Å². The summed E-state index contributed by atoms with van der Waals surface area (Å²) in [4.78, 5) is 11.3. The third-order valence-corrected chi connectivity index (χ3v) is 4.11. The molecule has 1 aromatic heterocycles. The number of fused-ring (bicyclic) bond motifs is 1. The fraction of sp³-hybridized carbons (Fsp3) is 0.412. The van der Waals surface area contributed by atoms with Crippen LogP contribution in [-0.2, 0) is 18.3 Å². The summed E-state index contributed by atoms with van der Waals surface area (Å²) in [7, 11) is 0. The third kappa shape index (κ3) is 2.35. The molecule has 0 amide bonds. The van der Waals surface area contributed by atoms with Crippen LogP contribution in [0.5, 0.6) is 0 Å². The lowest BCUT2D eigenvalue weighted by Gasteiger charge is -2.19. The predicted molar refractivity (Wildman–Crippen MR) is 81.2 cm³/mol. The number of carbonyl (C=O) groups is 1. The quantitative estimate of drug-likeness (QED) is 0.920. The van der Waals surface area contributed by atoms with Crippen LogP contribution in [0.4, 0.5) is 0 Å². The van der Waals surface area contributed by atoms with Crippen LogP contribution in [0.3, 0.4) is 0 Å². The first-order valence-electron chi connectivity index (χ1n) is 7.33. The Morgan fingerprint density at radius 1 is 1.19 bits per heavy atom. The number of hydrogen-bond donors (Lipinski definition) is 1. The highest BCUT2D eigenvalue weighted by Crippen LogP contribution is 2.29. The summed E-state index contributed by atoms with van der Waals surface area (Å²) in [6.45, 7) is 6.53. The van der Waals surface area contributed by atoms with Crippen LogP contribution in [0.2, 0.25) is 0 Å². The highest BCUT2D eigenvalue weighted by Gasteiger charge is 2.26. The number of aromatic nitrogens is 2. The van der Waals surface area contributed by atoms with E-state index in [2.05, 4.69) is 38.0 Å². The Hall–Kier alpha value is -2.10. The van der Waals surface area contributed by atoms with Crippen molar-refractivity contribution in [2.45, 2.75) is 45.4 Å². The summed E-state index contributed by atoms with van der Waals surface area (Å²) >= 11 is 0. The second kappa shape index (κ2) is 4.72. The lowest BCUT2D eigenvalue weighted by atomic mass is 9.87. The molecule has 0 spiro atoms. The van der Waals surface area contributed by atoms with Gasteiger partial charge in [0.15, 0.2) is 5.69 Å². The molecule has 0 saturated heterocycles. The molecule has 0 aliphatic heterocycles. The molecule has 21 heavy (non-hydrogen) atoms. The smallest absolute Gasteiger partial charge is 0.356 e. The summed E-state index contributed by atoms with van der Waals surface area (Å²) in [6, 6.07) is 8.24. The fourth-order valence-electron chi connectivity index (χ4n) is 2.93. The summed E-state index contributed by atoms with van der Waals surface area (Å²) in [5.41, 5.74) is 4.47. The maximum absolute atomic E-state index is 11.3. The van der Waals surface area contributed by atoms with Gasteiger partial charge in [0, 0.05) is 11.3 Å². The average molecular weight is 284 g/mol.